The molecule has 160 valence electrons. The molecule has 0 atom stereocenters. The molecule has 0 amide bonds. The van der Waals surface area contributed by atoms with Gasteiger partial charge < -0.3 is 0 Å². The highest BCUT2D eigenvalue weighted by Crippen LogP contribution is 2.41. The van der Waals surface area contributed by atoms with Crippen LogP contribution in [-0.2, 0) is 13.6 Å². The van der Waals surface area contributed by atoms with Crippen molar-refractivity contribution in [3.05, 3.63) is 66.6 Å². The van der Waals surface area contributed by atoms with E-state index in [1.807, 2.05) is 0 Å². The van der Waals surface area contributed by atoms with Crippen LogP contribution >= 0.6 is 23.2 Å². The van der Waals surface area contributed by atoms with Crippen LogP contribution in [0.4, 0.5) is 0 Å². The van der Waals surface area contributed by atoms with Gasteiger partial charge in [-0.15, -0.1) is 0 Å². The number of carbonyl (C=O) groups is 1. The maximum Gasteiger partial charge on any atom is 0.277 e. The second kappa shape index (κ2) is 8.37. The summed E-state index contributed by atoms with van der Waals surface area (Å²) in [4.78, 5) is 28.4. The number of nitrogens with one attached hydrogen (secondary N) is 1. The molecule has 0 spiro atoms. The molecule has 1 heterocycles. The molecule has 0 radical (unpaired) electrons. The number of aromatic amines is 1. The van der Waals surface area contributed by atoms with Gasteiger partial charge in [0.15, 0.2) is 0 Å². The first kappa shape index (κ1) is 21.4. The van der Waals surface area contributed by atoms with E-state index in [9.17, 15) is 9.59 Å². The van der Waals surface area contributed by atoms with Gasteiger partial charge in [0.05, 0.1) is 10.7 Å². The fourth-order valence-corrected chi connectivity index (χ4v) is 4.37. The van der Waals surface area contributed by atoms with Crippen LogP contribution in [-0.4, -0.2) is 33.1 Å². The number of H-pyrrole nitrogens is 1. The first-order valence-corrected chi connectivity index (χ1v) is 11.2. The normalized spacial score (nSPS) is 16.2. The van der Waals surface area contributed by atoms with Gasteiger partial charge in [0.25, 0.3) is 5.56 Å². The van der Waals surface area contributed by atoms with Gasteiger partial charge in [-0.25, -0.2) is 0 Å². The highest BCUT2D eigenvalue weighted by molar-refractivity contribution is 6.38. The molecule has 30 heavy (non-hydrogen) atoms. The third-order valence-corrected chi connectivity index (χ3v) is 6.66. The molecular formula is C23H27Cl2N3O2. The summed E-state index contributed by atoms with van der Waals surface area (Å²) in [6.07, 6.45) is 6.49. The van der Waals surface area contributed by atoms with E-state index in [1.165, 1.54) is 10.3 Å². The third-order valence-electron chi connectivity index (χ3n) is 5.88. The average molecular weight is 448 g/mol. The summed E-state index contributed by atoms with van der Waals surface area (Å²) >= 11 is 13.2. The molecule has 1 aromatic carbocycles. The Morgan fingerprint density at radius 3 is 2.53 bits per heavy atom. The Bertz CT molecular complexity index is 1070. The van der Waals surface area contributed by atoms with Crippen LogP contribution in [0.3, 0.4) is 0 Å². The van der Waals surface area contributed by atoms with E-state index in [4.69, 9.17) is 23.2 Å². The van der Waals surface area contributed by atoms with Crippen LogP contribution in [0.25, 0.3) is 0 Å². The molecule has 5 nitrogen and oxygen atoms in total. The van der Waals surface area contributed by atoms with E-state index in [0.717, 1.165) is 43.5 Å². The molecule has 4 rings (SSSR count). The van der Waals surface area contributed by atoms with Crippen molar-refractivity contribution < 1.29 is 4.79 Å². The van der Waals surface area contributed by atoms with Crippen LogP contribution in [0.1, 0.15) is 72.6 Å². The number of aryl methyl sites for hydroxylation is 1. The number of hydrogen-bond donors (Lipinski definition) is 1. The molecular weight excluding hydrogens is 421 g/mol. The molecule has 1 aromatic heterocycles. The molecule has 2 aliphatic carbocycles. The fraction of sp³-hybridized carbons (Fsp3) is 0.478. The zero-order valence-corrected chi connectivity index (χ0v) is 19.1. The molecule has 1 N–H and O–H groups in total. The van der Waals surface area contributed by atoms with Gasteiger partial charge in [0.2, 0.25) is 5.78 Å². The van der Waals surface area contributed by atoms with Crippen LogP contribution in [0.2, 0.25) is 10.0 Å². The summed E-state index contributed by atoms with van der Waals surface area (Å²) in [5, 5.41) is 3.95. The van der Waals surface area contributed by atoms with Gasteiger partial charge in [0, 0.05) is 48.2 Å². The second-order valence-electron chi connectivity index (χ2n) is 8.70. The Labute approximate surface area is 186 Å². The van der Waals surface area contributed by atoms with Crippen molar-refractivity contribution in [3.8, 4) is 0 Å². The lowest BCUT2D eigenvalue weighted by atomic mass is 9.99. The van der Waals surface area contributed by atoms with Crippen LogP contribution < -0.4 is 5.56 Å². The minimum Gasteiger partial charge on any atom is -0.299 e. The number of nitrogens with zero attached hydrogens (tertiary/aromatic N) is 2. The highest BCUT2D eigenvalue weighted by atomic mass is 35.5. The number of carbonyl (C=O) groups excluding carboxylic acids is 1. The van der Waals surface area contributed by atoms with Crippen LogP contribution in [0.15, 0.2) is 28.6 Å². The second-order valence-corrected chi connectivity index (χ2v) is 9.48. The van der Waals surface area contributed by atoms with Gasteiger partial charge in [-0.05, 0) is 51.7 Å². The molecule has 2 aromatic rings. The van der Waals surface area contributed by atoms with Gasteiger partial charge in [-0.2, -0.15) is 0 Å². The van der Waals surface area contributed by atoms with Gasteiger partial charge in [-0.3, -0.25) is 24.3 Å². The lowest BCUT2D eigenvalue weighted by Gasteiger charge is -2.22. The lowest BCUT2D eigenvalue weighted by Crippen LogP contribution is -2.26. The maximum absolute atomic E-state index is 13.4. The third kappa shape index (κ3) is 4.29. The van der Waals surface area contributed by atoms with E-state index >= 15 is 0 Å². The molecule has 7 heteroatoms. The zero-order valence-electron chi connectivity index (χ0n) is 17.6. The van der Waals surface area contributed by atoms with Crippen molar-refractivity contribution in [2.45, 2.75) is 58.0 Å². The Hall–Kier alpha value is -1.82. The van der Waals surface area contributed by atoms with Crippen molar-refractivity contribution in [1.29, 1.82) is 0 Å². The highest BCUT2D eigenvalue weighted by Gasteiger charge is 2.34. The largest absolute Gasteiger partial charge is 0.299 e. The molecule has 2 saturated carbocycles. The molecule has 0 unspecified atom stereocenters. The minimum atomic E-state index is -0.330. The molecule has 0 bridgehead atoms. The quantitative estimate of drug-likeness (QED) is 0.454. The number of ketones is 1. The summed E-state index contributed by atoms with van der Waals surface area (Å²) in [5.74, 6) is -0.0817. The average Bonchev–Trinajstić information content (AvgIpc) is 3.60. The van der Waals surface area contributed by atoms with Crippen LogP contribution in [0.5, 0.6) is 0 Å². The first-order valence-electron chi connectivity index (χ1n) is 10.5. The SMILES string of the molecule is CC(C)=CCN(Cc1c(Cl)ccc(C(=O)c2c(C3CC3)[nH]n(C)c2=O)c1Cl)C1CC1. The van der Waals surface area contributed by atoms with E-state index in [1.54, 1.807) is 19.2 Å². The van der Waals surface area contributed by atoms with Crippen molar-refractivity contribution in [1.82, 2.24) is 14.7 Å². The van der Waals surface area contributed by atoms with Gasteiger partial charge in [0.1, 0.15) is 5.56 Å². The van der Waals surface area contributed by atoms with Crippen molar-refractivity contribution in [3.63, 3.8) is 0 Å². The van der Waals surface area contributed by atoms with E-state index in [2.05, 4.69) is 29.9 Å². The fourth-order valence-electron chi connectivity index (χ4n) is 3.80. The Morgan fingerprint density at radius 2 is 1.93 bits per heavy atom. The Morgan fingerprint density at radius 1 is 1.23 bits per heavy atom. The summed E-state index contributed by atoms with van der Waals surface area (Å²) in [5.41, 5.74) is 2.98. The number of rotatable bonds is 8. The van der Waals surface area contributed by atoms with E-state index in [0.29, 0.717) is 28.2 Å². The van der Waals surface area contributed by atoms with Crippen LogP contribution in [0, 0.1) is 0 Å². The molecule has 0 aliphatic heterocycles. The summed E-state index contributed by atoms with van der Waals surface area (Å²) in [6.45, 7) is 5.56. The van der Waals surface area contributed by atoms with Gasteiger partial charge in [-0.1, -0.05) is 34.9 Å². The molecule has 0 saturated heterocycles. The van der Waals surface area contributed by atoms with Crippen molar-refractivity contribution in [2.75, 3.05) is 6.54 Å². The Kier molecular flexibility index (Phi) is 5.97. The zero-order chi connectivity index (χ0) is 21.6. The minimum absolute atomic E-state index is 0.207. The summed E-state index contributed by atoms with van der Waals surface area (Å²) in [7, 11) is 1.64. The number of hydrogen-bond acceptors (Lipinski definition) is 3. The van der Waals surface area contributed by atoms with Crippen molar-refractivity contribution >= 4 is 29.0 Å². The number of aromatic nitrogens is 2. The summed E-state index contributed by atoms with van der Waals surface area (Å²) < 4.78 is 1.37. The topological polar surface area (TPSA) is 58.1 Å². The standard InChI is InChI=1S/C23H27Cl2N3O2/c1-13(2)10-11-28(15-6-7-15)12-17-18(24)9-8-16(20(17)25)22(29)19-21(14-4-5-14)26-27(3)23(19)30/h8-10,14-15,26H,4-7,11-12H2,1-3H3. The first-order chi connectivity index (χ1) is 14.3. The van der Waals surface area contributed by atoms with E-state index in [-0.39, 0.29) is 22.8 Å². The Balaban J connectivity index is 1.69. The number of halogens is 2. The number of benzene rings is 1. The van der Waals surface area contributed by atoms with Gasteiger partial charge >= 0.3 is 0 Å². The molecule has 2 aliphatic rings. The monoisotopic (exact) mass is 447 g/mol. The van der Waals surface area contributed by atoms with Crippen molar-refractivity contribution in [2.24, 2.45) is 7.05 Å². The number of allylic oxidation sites excluding steroid dienone is 1. The van der Waals surface area contributed by atoms with E-state index < -0.39 is 0 Å². The predicted molar refractivity (Wildman–Crippen MR) is 121 cm³/mol. The predicted octanol–water partition coefficient (Wildman–Crippen LogP) is 5.06. The maximum atomic E-state index is 13.4. The smallest absolute Gasteiger partial charge is 0.277 e. The lowest BCUT2D eigenvalue weighted by molar-refractivity contribution is 0.103. The summed E-state index contributed by atoms with van der Waals surface area (Å²) in [6, 6.07) is 3.87. The molecule has 2 fully saturated rings.